The van der Waals surface area contributed by atoms with Crippen molar-refractivity contribution in [2.24, 2.45) is 0 Å². The van der Waals surface area contributed by atoms with Crippen molar-refractivity contribution in [2.45, 2.75) is 25.3 Å². The van der Waals surface area contributed by atoms with Crippen molar-refractivity contribution in [3.05, 3.63) is 69.4 Å². The summed E-state index contributed by atoms with van der Waals surface area (Å²) in [6, 6.07) is 12.0. The van der Waals surface area contributed by atoms with E-state index in [9.17, 15) is 9.18 Å². The molecule has 0 saturated heterocycles. The Labute approximate surface area is 131 Å². The Bertz CT molecular complexity index is 669. The fraction of sp³-hybridized carbons (Fsp3) is 0.235. The molecule has 0 spiro atoms. The molecule has 1 N–H and O–H groups in total. The van der Waals surface area contributed by atoms with Crippen molar-refractivity contribution in [3.8, 4) is 0 Å². The molecule has 1 aliphatic carbocycles. The minimum atomic E-state index is -0.331. The zero-order valence-corrected chi connectivity index (χ0v) is 13.0. The lowest BCUT2D eigenvalue weighted by molar-refractivity contribution is 0.0933. The SMILES string of the molecule is O=C(NC1CCc2cccc(Br)c2C1)c1ccc(F)cc1. The smallest absolute Gasteiger partial charge is 0.251 e. The van der Waals surface area contributed by atoms with Crippen LogP contribution in [0.4, 0.5) is 4.39 Å². The van der Waals surface area contributed by atoms with Crippen LogP contribution in [-0.2, 0) is 12.8 Å². The molecule has 1 amide bonds. The van der Waals surface area contributed by atoms with Crippen LogP contribution in [0.15, 0.2) is 46.9 Å². The van der Waals surface area contributed by atoms with Gasteiger partial charge in [0.05, 0.1) is 0 Å². The van der Waals surface area contributed by atoms with E-state index in [1.54, 1.807) is 0 Å². The largest absolute Gasteiger partial charge is 0.349 e. The first-order chi connectivity index (χ1) is 10.1. The summed E-state index contributed by atoms with van der Waals surface area (Å²) < 4.78 is 14.0. The van der Waals surface area contributed by atoms with E-state index in [2.05, 4.69) is 27.3 Å². The molecule has 3 rings (SSSR count). The number of benzene rings is 2. The third kappa shape index (κ3) is 3.16. The molecule has 0 fully saturated rings. The summed E-state index contributed by atoms with van der Waals surface area (Å²) in [4.78, 5) is 12.2. The first-order valence-corrected chi connectivity index (χ1v) is 7.75. The van der Waals surface area contributed by atoms with Crippen molar-refractivity contribution in [1.82, 2.24) is 5.32 Å². The summed E-state index contributed by atoms with van der Waals surface area (Å²) >= 11 is 3.57. The number of fused-ring (bicyclic) bond motifs is 1. The third-order valence-corrected chi connectivity index (χ3v) is 4.61. The topological polar surface area (TPSA) is 29.1 Å². The Hall–Kier alpha value is -1.68. The number of hydrogen-bond donors (Lipinski definition) is 1. The van der Waals surface area contributed by atoms with Gasteiger partial charge in [0.25, 0.3) is 5.91 Å². The summed E-state index contributed by atoms with van der Waals surface area (Å²) in [6.07, 6.45) is 2.71. The van der Waals surface area contributed by atoms with Gasteiger partial charge in [-0.05, 0) is 60.7 Å². The number of nitrogens with one attached hydrogen (secondary N) is 1. The number of rotatable bonds is 2. The molecule has 0 aromatic heterocycles. The van der Waals surface area contributed by atoms with Crippen LogP contribution in [0.1, 0.15) is 27.9 Å². The highest BCUT2D eigenvalue weighted by atomic mass is 79.9. The Morgan fingerprint density at radius 3 is 2.71 bits per heavy atom. The number of halogens is 2. The molecular formula is C17H15BrFNO. The zero-order chi connectivity index (χ0) is 14.8. The second kappa shape index (κ2) is 5.98. The Morgan fingerprint density at radius 1 is 1.19 bits per heavy atom. The van der Waals surface area contributed by atoms with Crippen molar-refractivity contribution >= 4 is 21.8 Å². The summed E-state index contributed by atoms with van der Waals surface area (Å²) in [7, 11) is 0. The average molecular weight is 348 g/mol. The highest BCUT2D eigenvalue weighted by Gasteiger charge is 2.22. The molecule has 1 aliphatic rings. The van der Waals surface area contributed by atoms with Crippen LogP contribution in [0.2, 0.25) is 0 Å². The lowest BCUT2D eigenvalue weighted by Crippen LogP contribution is -2.39. The number of aryl methyl sites for hydroxylation is 1. The van der Waals surface area contributed by atoms with Crippen LogP contribution < -0.4 is 5.32 Å². The first-order valence-electron chi connectivity index (χ1n) is 6.96. The second-order valence-corrected chi connectivity index (χ2v) is 6.15. The molecule has 4 heteroatoms. The summed E-state index contributed by atoms with van der Waals surface area (Å²) in [6.45, 7) is 0. The van der Waals surface area contributed by atoms with Gasteiger partial charge in [-0.1, -0.05) is 28.1 Å². The van der Waals surface area contributed by atoms with E-state index in [-0.39, 0.29) is 17.8 Å². The van der Waals surface area contributed by atoms with Crippen molar-refractivity contribution in [3.63, 3.8) is 0 Å². The van der Waals surface area contributed by atoms with Crippen LogP contribution in [0, 0.1) is 5.82 Å². The fourth-order valence-corrected chi connectivity index (χ4v) is 3.31. The van der Waals surface area contributed by atoms with Gasteiger partial charge in [0, 0.05) is 16.1 Å². The number of carbonyl (C=O) groups excluding carboxylic acids is 1. The maximum absolute atomic E-state index is 12.9. The average Bonchev–Trinajstić information content (AvgIpc) is 2.49. The maximum Gasteiger partial charge on any atom is 0.251 e. The van der Waals surface area contributed by atoms with Crippen LogP contribution in [0.25, 0.3) is 0 Å². The zero-order valence-electron chi connectivity index (χ0n) is 11.4. The van der Waals surface area contributed by atoms with Crippen LogP contribution in [0.5, 0.6) is 0 Å². The predicted octanol–water partition coefficient (Wildman–Crippen LogP) is 3.88. The highest BCUT2D eigenvalue weighted by molar-refractivity contribution is 9.10. The molecule has 2 aromatic carbocycles. The molecule has 0 saturated carbocycles. The van der Waals surface area contributed by atoms with Crippen molar-refractivity contribution < 1.29 is 9.18 Å². The minimum Gasteiger partial charge on any atom is -0.349 e. The van der Waals surface area contributed by atoms with E-state index in [0.717, 1.165) is 23.7 Å². The molecule has 2 nitrogen and oxygen atoms in total. The van der Waals surface area contributed by atoms with Gasteiger partial charge in [0.2, 0.25) is 0 Å². The van der Waals surface area contributed by atoms with E-state index in [1.165, 1.54) is 35.4 Å². The van der Waals surface area contributed by atoms with Crippen LogP contribution in [0.3, 0.4) is 0 Å². The fourth-order valence-electron chi connectivity index (χ4n) is 2.74. The normalized spacial score (nSPS) is 17.1. The number of carbonyl (C=O) groups is 1. The molecule has 0 radical (unpaired) electrons. The van der Waals surface area contributed by atoms with E-state index in [4.69, 9.17) is 0 Å². The summed E-state index contributed by atoms with van der Waals surface area (Å²) in [5.41, 5.74) is 3.11. The molecule has 0 bridgehead atoms. The monoisotopic (exact) mass is 347 g/mol. The lowest BCUT2D eigenvalue weighted by atomic mass is 9.88. The summed E-state index contributed by atoms with van der Waals surface area (Å²) in [5.74, 6) is -0.474. The Morgan fingerprint density at radius 2 is 1.95 bits per heavy atom. The number of amides is 1. The maximum atomic E-state index is 12.9. The van der Waals surface area contributed by atoms with Gasteiger partial charge in [-0.2, -0.15) is 0 Å². The summed E-state index contributed by atoms with van der Waals surface area (Å²) in [5, 5.41) is 3.04. The molecule has 0 aliphatic heterocycles. The first kappa shape index (κ1) is 14.3. The second-order valence-electron chi connectivity index (χ2n) is 5.30. The molecule has 1 atom stereocenters. The highest BCUT2D eigenvalue weighted by Crippen LogP contribution is 2.28. The molecule has 108 valence electrons. The van der Waals surface area contributed by atoms with Crippen LogP contribution in [-0.4, -0.2) is 11.9 Å². The van der Waals surface area contributed by atoms with E-state index in [0.29, 0.717) is 5.56 Å². The van der Waals surface area contributed by atoms with Gasteiger partial charge < -0.3 is 5.32 Å². The predicted molar refractivity (Wildman–Crippen MR) is 83.8 cm³/mol. The van der Waals surface area contributed by atoms with Gasteiger partial charge in [0.1, 0.15) is 5.82 Å². The van der Waals surface area contributed by atoms with Gasteiger partial charge in [-0.3, -0.25) is 4.79 Å². The van der Waals surface area contributed by atoms with Gasteiger partial charge >= 0.3 is 0 Å². The number of hydrogen-bond acceptors (Lipinski definition) is 1. The quantitative estimate of drug-likeness (QED) is 0.877. The van der Waals surface area contributed by atoms with Gasteiger partial charge in [-0.25, -0.2) is 4.39 Å². The van der Waals surface area contributed by atoms with Crippen molar-refractivity contribution in [1.29, 1.82) is 0 Å². The molecule has 21 heavy (non-hydrogen) atoms. The van der Waals surface area contributed by atoms with E-state index < -0.39 is 0 Å². The van der Waals surface area contributed by atoms with E-state index >= 15 is 0 Å². The Balaban J connectivity index is 1.71. The van der Waals surface area contributed by atoms with Gasteiger partial charge in [0.15, 0.2) is 0 Å². The molecule has 2 aromatic rings. The third-order valence-electron chi connectivity index (χ3n) is 3.87. The van der Waals surface area contributed by atoms with Crippen LogP contribution >= 0.6 is 15.9 Å². The van der Waals surface area contributed by atoms with E-state index in [1.807, 2.05) is 12.1 Å². The standard InChI is InChI=1S/C17H15BrFNO/c18-16-3-1-2-11-6-9-14(10-15(11)16)20-17(21)12-4-7-13(19)8-5-12/h1-5,7-8,14H,6,9-10H2,(H,20,21). The molecular weight excluding hydrogens is 333 g/mol. The lowest BCUT2D eigenvalue weighted by Gasteiger charge is -2.26. The Kier molecular flexibility index (Phi) is 4.06. The van der Waals surface area contributed by atoms with Crippen molar-refractivity contribution in [2.75, 3.05) is 0 Å². The van der Waals surface area contributed by atoms with Gasteiger partial charge in [-0.15, -0.1) is 0 Å². The molecule has 0 heterocycles. The minimum absolute atomic E-state index is 0.119. The molecule has 1 unspecified atom stereocenters.